The van der Waals surface area contributed by atoms with Crippen LogP contribution in [0.5, 0.6) is 0 Å². The van der Waals surface area contributed by atoms with Crippen molar-refractivity contribution in [3.63, 3.8) is 0 Å². The first-order chi connectivity index (χ1) is 4.34. The predicted molar refractivity (Wildman–Crippen MR) is 34.3 cm³/mol. The first-order valence-electron chi connectivity index (χ1n) is 3.23. The number of nitrogens with zero attached hydrogens (tertiary/aromatic N) is 1. The van der Waals surface area contributed by atoms with Crippen molar-refractivity contribution in [3.8, 4) is 6.07 Å². The Morgan fingerprint density at radius 2 is 2.44 bits per heavy atom. The molecule has 3 nitrogen and oxygen atoms in total. The summed E-state index contributed by atoms with van der Waals surface area (Å²) < 4.78 is 0. The maximum absolute atomic E-state index is 8.49. The molecule has 2 unspecified atom stereocenters. The summed E-state index contributed by atoms with van der Waals surface area (Å²) in [6.07, 6.45) is 1.93. The normalized spacial score (nSPS) is 35.6. The van der Waals surface area contributed by atoms with Gasteiger partial charge in [-0.2, -0.15) is 5.26 Å². The van der Waals surface area contributed by atoms with Crippen LogP contribution in [0, 0.1) is 17.2 Å². The Bertz CT molecular complexity index is 127. The molecule has 3 N–H and O–H groups in total. The number of piperidine rings is 1. The molecule has 3 heteroatoms. The second kappa shape index (κ2) is 2.81. The SMILES string of the molecule is N#CC1CCCNC1N. The highest BCUT2D eigenvalue weighted by Gasteiger charge is 2.19. The van der Waals surface area contributed by atoms with E-state index >= 15 is 0 Å². The number of nitrogens with two attached hydrogens (primary N) is 1. The molecule has 0 aromatic rings. The fourth-order valence-corrected chi connectivity index (χ4v) is 1.06. The highest BCUT2D eigenvalue weighted by Crippen LogP contribution is 2.10. The maximum atomic E-state index is 8.49. The summed E-state index contributed by atoms with van der Waals surface area (Å²) >= 11 is 0. The lowest BCUT2D eigenvalue weighted by Crippen LogP contribution is -2.47. The summed E-state index contributed by atoms with van der Waals surface area (Å²) in [7, 11) is 0. The Morgan fingerprint density at radius 1 is 1.67 bits per heavy atom. The van der Waals surface area contributed by atoms with E-state index in [0.29, 0.717) is 0 Å². The van der Waals surface area contributed by atoms with Crippen LogP contribution in [0.15, 0.2) is 0 Å². The van der Waals surface area contributed by atoms with Gasteiger partial charge < -0.3 is 11.1 Å². The first kappa shape index (κ1) is 6.53. The fourth-order valence-electron chi connectivity index (χ4n) is 1.06. The lowest BCUT2D eigenvalue weighted by atomic mass is 9.98. The predicted octanol–water partition coefficient (Wildman–Crippen LogP) is -0.206. The third kappa shape index (κ3) is 1.41. The van der Waals surface area contributed by atoms with Crippen LogP contribution in [0.4, 0.5) is 0 Å². The summed E-state index contributed by atoms with van der Waals surface area (Å²) in [4.78, 5) is 0. The summed E-state index contributed by atoms with van der Waals surface area (Å²) in [6, 6.07) is 2.17. The molecule has 9 heavy (non-hydrogen) atoms. The Hall–Kier alpha value is -0.590. The van der Waals surface area contributed by atoms with Gasteiger partial charge in [-0.25, -0.2) is 0 Å². The Morgan fingerprint density at radius 3 is 2.89 bits per heavy atom. The molecular weight excluding hydrogens is 114 g/mol. The van der Waals surface area contributed by atoms with Crippen LogP contribution < -0.4 is 11.1 Å². The van der Waals surface area contributed by atoms with E-state index in [9.17, 15) is 0 Å². The highest BCUT2D eigenvalue weighted by atomic mass is 15.0. The lowest BCUT2D eigenvalue weighted by molar-refractivity contribution is 0.342. The maximum Gasteiger partial charge on any atom is 0.0746 e. The van der Waals surface area contributed by atoms with Gasteiger partial charge in [0, 0.05) is 0 Å². The number of nitriles is 1. The van der Waals surface area contributed by atoms with Gasteiger partial charge in [-0.05, 0) is 19.4 Å². The van der Waals surface area contributed by atoms with Crippen molar-refractivity contribution < 1.29 is 0 Å². The topological polar surface area (TPSA) is 61.8 Å². The van der Waals surface area contributed by atoms with Crippen LogP contribution in [0.2, 0.25) is 0 Å². The van der Waals surface area contributed by atoms with E-state index in [4.69, 9.17) is 11.0 Å². The molecule has 1 fully saturated rings. The largest absolute Gasteiger partial charge is 0.315 e. The van der Waals surface area contributed by atoms with Crippen molar-refractivity contribution in [1.82, 2.24) is 5.32 Å². The van der Waals surface area contributed by atoms with Gasteiger partial charge in [-0.15, -0.1) is 0 Å². The molecule has 1 aliphatic heterocycles. The van der Waals surface area contributed by atoms with E-state index in [1.165, 1.54) is 0 Å². The summed E-state index contributed by atoms with van der Waals surface area (Å²) in [6.45, 7) is 0.958. The molecule has 50 valence electrons. The highest BCUT2D eigenvalue weighted by molar-refractivity contribution is 4.91. The van der Waals surface area contributed by atoms with Gasteiger partial charge in [0.1, 0.15) is 0 Å². The standard InChI is InChI=1S/C6H11N3/c7-4-5-2-1-3-9-6(5)8/h5-6,9H,1-3,8H2. The molecule has 0 saturated carbocycles. The molecule has 0 bridgehead atoms. The number of hydrogen-bond acceptors (Lipinski definition) is 3. The summed E-state index contributed by atoms with van der Waals surface area (Å²) in [5, 5.41) is 11.5. The van der Waals surface area contributed by atoms with Gasteiger partial charge in [-0.1, -0.05) is 0 Å². The van der Waals surface area contributed by atoms with E-state index in [1.807, 2.05) is 0 Å². The fraction of sp³-hybridized carbons (Fsp3) is 0.833. The van der Waals surface area contributed by atoms with Gasteiger partial charge >= 0.3 is 0 Å². The van der Waals surface area contributed by atoms with Gasteiger partial charge in [0.25, 0.3) is 0 Å². The van der Waals surface area contributed by atoms with Crippen molar-refractivity contribution in [3.05, 3.63) is 0 Å². The third-order valence-corrected chi connectivity index (χ3v) is 1.67. The number of rotatable bonds is 0. The quantitative estimate of drug-likeness (QED) is 0.471. The first-order valence-corrected chi connectivity index (χ1v) is 3.23. The van der Waals surface area contributed by atoms with Crippen LogP contribution in [-0.4, -0.2) is 12.7 Å². The molecule has 0 amide bonds. The molecule has 1 aliphatic rings. The molecule has 0 spiro atoms. The average Bonchev–Trinajstić information content (AvgIpc) is 1.89. The molecule has 0 radical (unpaired) electrons. The zero-order chi connectivity index (χ0) is 6.69. The molecule has 0 aromatic carbocycles. The van der Waals surface area contributed by atoms with E-state index in [2.05, 4.69) is 11.4 Å². The molecule has 1 rings (SSSR count). The number of nitrogens with one attached hydrogen (secondary N) is 1. The van der Waals surface area contributed by atoms with Crippen LogP contribution in [0.25, 0.3) is 0 Å². The van der Waals surface area contributed by atoms with Crippen LogP contribution in [0.1, 0.15) is 12.8 Å². The minimum atomic E-state index is -0.0938. The Balaban J connectivity index is 2.41. The van der Waals surface area contributed by atoms with Crippen LogP contribution in [-0.2, 0) is 0 Å². The van der Waals surface area contributed by atoms with Crippen molar-refractivity contribution in [1.29, 1.82) is 5.26 Å². The zero-order valence-electron chi connectivity index (χ0n) is 5.30. The van der Waals surface area contributed by atoms with E-state index in [0.717, 1.165) is 19.4 Å². The van der Waals surface area contributed by atoms with Crippen molar-refractivity contribution in [2.24, 2.45) is 11.7 Å². The molecule has 0 aliphatic carbocycles. The Labute approximate surface area is 54.8 Å². The molecule has 1 saturated heterocycles. The molecule has 0 aromatic heterocycles. The van der Waals surface area contributed by atoms with Gasteiger partial charge in [0.05, 0.1) is 18.2 Å². The van der Waals surface area contributed by atoms with Crippen LogP contribution >= 0.6 is 0 Å². The smallest absolute Gasteiger partial charge is 0.0746 e. The van der Waals surface area contributed by atoms with Crippen LogP contribution in [0.3, 0.4) is 0 Å². The van der Waals surface area contributed by atoms with Crippen molar-refractivity contribution in [2.45, 2.75) is 19.0 Å². The third-order valence-electron chi connectivity index (χ3n) is 1.67. The van der Waals surface area contributed by atoms with E-state index < -0.39 is 0 Å². The summed E-state index contributed by atoms with van der Waals surface area (Å²) in [5.74, 6) is 0.0266. The summed E-state index contributed by atoms with van der Waals surface area (Å²) in [5.41, 5.74) is 5.56. The second-order valence-corrected chi connectivity index (χ2v) is 2.36. The molecular formula is C6H11N3. The van der Waals surface area contributed by atoms with E-state index in [-0.39, 0.29) is 12.1 Å². The van der Waals surface area contributed by atoms with Gasteiger partial charge in [0.15, 0.2) is 0 Å². The Kier molecular flexibility index (Phi) is 2.04. The van der Waals surface area contributed by atoms with Crippen molar-refractivity contribution in [2.75, 3.05) is 6.54 Å². The van der Waals surface area contributed by atoms with Crippen molar-refractivity contribution >= 4 is 0 Å². The average molecular weight is 125 g/mol. The second-order valence-electron chi connectivity index (χ2n) is 2.36. The van der Waals surface area contributed by atoms with Gasteiger partial charge in [0.2, 0.25) is 0 Å². The molecule has 2 atom stereocenters. The van der Waals surface area contributed by atoms with Gasteiger partial charge in [-0.3, -0.25) is 0 Å². The minimum Gasteiger partial charge on any atom is -0.315 e. The monoisotopic (exact) mass is 125 g/mol. The molecule has 1 heterocycles. The zero-order valence-corrected chi connectivity index (χ0v) is 5.30. The lowest BCUT2D eigenvalue weighted by Gasteiger charge is -2.23. The van der Waals surface area contributed by atoms with E-state index in [1.54, 1.807) is 0 Å². The minimum absolute atomic E-state index is 0.0266. The number of hydrogen-bond donors (Lipinski definition) is 2.